The zero-order valence-corrected chi connectivity index (χ0v) is 14.1. The average molecular weight is 388 g/mol. The number of halogens is 2. The summed E-state index contributed by atoms with van der Waals surface area (Å²) < 4.78 is 0.791. The van der Waals surface area contributed by atoms with Crippen molar-refractivity contribution in [2.75, 3.05) is 5.33 Å². The lowest BCUT2D eigenvalue weighted by atomic mass is 9.96. The molecule has 0 aliphatic carbocycles. The molecule has 0 radical (unpaired) electrons. The van der Waals surface area contributed by atoms with Gasteiger partial charge in [0, 0.05) is 16.9 Å². The van der Waals surface area contributed by atoms with Crippen LogP contribution in [0.5, 0.6) is 0 Å². The first kappa shape index (κ1) is 14.7. The second-order valence-electron chi connectivity index (χ2n) is 4.81. The molecule has 1 aliphatic heterocycles. The van der Waals surface area contributed by atoms with Gasteiger partial charge in [0.05, 0.1) is 0 Å². The van der Waals surface area contributed by atoms with E-state index in [1.54, 1.807) is 0 Å². The maximum Gasteiger partial charge on any atom is 0.148 e. The van der Waals surface area contributed by atoms with Gasteiger partial charge in [0.2, 0.25) is 0 Å². The molecule has 0 spiro atoms. The smallest absolute Gasteiger partial charge is 0.148 e. The van der Waals surface area contributed by atoms with Crippen molar-refractivity contribution in [3.05, 3.63) is 34.9 Å². The first-order valence-electron chi connectivity index (χ1n) is 6.25. The van der Waals surface area contributed by atoms with Crippen LogP contribution in [0, 0.1) is 0 Å². The predicted octanol–water partition coefficient (Wildman–Crippen LogP) is 3.64. The van der Waals surface area contributed by atoms with Crippen LogP contribution in [0.3, 0.4) is 0 Å². The molecule has 1 aliphatic rings. The summed E-state index contributed by atoms with van der Waals surface area (Å²) in [6.45, 7) is 4.07. The molecule has 1 heterocycles. The minimum atomic E-state index is -0.299. The monoisotopic (exact) mass is 386 g/mol. The summed E-state index contributed by atoms with van der Waals surface area (Å²) in [7, 11) is 0. The number of rotatable bonds is 4. The third kappa shape index (κ3) is 2.92. The van der Waals surface area contributed by atoms with Gasteiger partial charge >= 0.3 is 0 Å². The van der Waals surface area contributed by atoms with E-state index in [-0.39, 0.29) is 12.1 Å². The van der Waals surface area contributed by atoms with Crippen molar-refractivity contribution >= 4 is 42.8 Å². The fraction of sp³-hybridized carbons (Fsp3) is 0.429. The highest BCUT2D eigenvalue weighted by Gasteiger charge is 2.29. The topological polar surface area (TPSA) is 32.7 Å². The minimum absolute atomic E-state index is 0.177. The third-order valence-corrected chi connectivity index (χ3v) is 4.17. The molecule has 5 heteroatoms. The highest BCUT2D eigenvalue weighted by Crippen LogP contribution is 2.32. The Morgan fingerprint density at radius 1 is 1.47 bits per heavy atom. The normalized spacial score (nSPS) is 18.3. The van der Waals surface area contributed by atoms with Gasteiger partial charge in [-0.2, -0.15) is 5.10 Å². The van der Waals surface area contributed by atoms with E-state index >= 15 is 0 Å². The van der Waals surface area contributed by atoms with Gasteiger partial charge in [-0.15, -0.1) is 0 Å². The molecule has 0 aromatic heterocycles. The number of alkyl halides is 1. The standard InChI is InChI=1S/C14H16Br2N2O/c1-9(2)18-13(8-19)12-7-10(5-6-15)3-4-11(12)14(16)17-18/h3-4,7-9,13H,5-6H2,1-2H3. The maximum absolute atomic E-state index is 11.5. The second kappa shape index (κ2) is 6.18. The van der Waals surface area contributed by atoms with Crippen molar-refractivity contribution in [3.63, 3.8) is 0 Å². The number of fused-ring (bicyclic) bond motifs is 1. The van der Waals surface area contributed by atoms with Crippen molar-refractivity contribution in [2.24, 2.45) is 5.10 Å². The van der Waals surface area contributed by atoms with Gasteiger partial charge < -0.3 is 4.79 Å². The molecule has 1 unspecified atom stereocenters. The van der Waals surface area contributed by atoms with Crippen LogP contribution in [0.25, 0.3) is 0 Å². The van der Waals surface area contributed by atoms with Crippen molar-refractivity contribution in [3.8, 4) is 0 Å². The largest absolute Gasteiger partial charge is 0.301 e. The number of aldehydes is 1. The highest BCUT2D eigenvalue weighted by atomic mass is 79.9. The number of aryl methyl sites for hydroxylation is 1. The maximum atomic E-state index is 11.5. The van der Waals surface area contributed by atoms with Gasteiger partial charge in [0.15, 0.2) is 0 Å². The van der Waals surface area contributed by atoms with E-state index in [2.05, 4.69) is 49.1 Å². The summed E-state index contributed by atoms with van der Waals surface area (Å²) in [6.07, 6.45) is 1.93. The van der Waals surface area contributed by atoms with Crippen LogP contribution in [0.15, 0.2) is 23.3 Å². The van der Waals surface area contributed by atoms with Gasteiger partial charge in [0.25, 0.3) is 0 Å². The predicted molar refractivity (Wildman–Crippen MR) is 85.2 cm³/mol. The molecule has 0 fully saturated rings. The Morgan fingerprint density at radius 3 is 2.79 bits per heavy atom. The van der Waals surface area contributed by atoms with Gasteiger partial charge in [-0.05, 0) is 47.3 Å². The molecule has 1 aromatic rings. The SMILES string of the molecule is CC(C)N1N=C(Br)c2ccc(CCBr)cc2C1C=O. The van der Waals surface area contributed by atoms with E-state index in [1.165, 1.54) is 5.56 Å². The van der Waals surface area contributed by atoms with E-state index in [0.29, 0.717) is 0 Å². The number of hydrogen-bond acceptors (Lipinski definition) is 3. The minimum Gasteiger partial charge on any atom is -0.301 e. The number of nitrogens with zero attached hydrogens (tertiary/aromatic N) is 2. The summed E-state index contributed by atoms with van der Waals surface area (Å²) >= 11 is 6.95. The van der Waals surface area contributed by atoms with E-state index in [4.69, 9.17) is 0 Å². The Labute approximate surface area is 130 Å². The summed E-state index contributed by atoms with van der Waals surface area (Å²) in [4.78, 5) is 11.5. The van der Waals surface area contributed by atoms with E-state index < -0.39 is 0 Å². The molecule has 0 bridgehead atoms. The number of benzene rings is 1. The molecule has 0 N–H and O–H groups in total. The molecule has 0 saturated heterocycles. The summed E-state index contributed by atoms with van der Waals surface area (Å²) in [5, 5.41) is 7.24. The van der Waals surface area contributed by atoms with E-state index in [1.807, 2.05) is 24.9 Å². The fourth-order valence-electron chi connectivity index (χ4n) is 2.24. The third-order valence-electron chi connectivity index (χ3n) is 3.19. The van der Waals surface area contributed by atoms with Crippen LogP contribution in [0.4, 0.5) is 0 Å². The Morgan fingerprint density at radius 2 is 2.21 bits per heavy atom. The Hall–Kier alpha value is -0.680. The van der Waals surface area contributed by atoms with Crippen LogP contribution in [0.2, 0.25) is 0 Å². The fourth-order valence-corrected chi connectivity index (χ4v) is 3.24. The van der Waals surface area contributed by atoms with Gasteiger partial charge in [-0.25, -0.2) is 0 Å². The zero-order valence-electron chi connectivity index (χ0n) is 10.9. The Bertz CT molecular complexity index is 514. The molecular formula is C14H16Br2N2O. The lowest BCUT2D eigenvalue weighted by molar-refractivity contribution is -0.113. The average Bonchev–Trinajstić information content (AvgIpc) is 2.38. The Balaban J connectivity index is 2.50. The molecular weight excluding hydrogens is 372 g/mol. The van der Waals surface area contributed by atoms with Gasteiger partial charge in [-0.1, -0.05) is 34.1 Å². The lowest BCUT2D eigenvalue weighted by Crippen LogP contribution is -2.35. The zero-order chi connectivity index (χ0) is 14.0. The van der Waals surface area contributed by atoms with Crippen LogP contribution < -0.4 is 0 Å². The van der Waals surface area contributed by atoms with Crippen LogP contribution >= 0.6 is 31.9 Å². The second-order valence-corrected chi connectivity index (χ2v) is 6.35. The highest BCUT2D eigenvalue weighted by molar-refractivity contribution is 9.18. The van der Waals surface area contributed by atoms with Crippen LogP contribution in [-0.4, -0.2) is 27.3 Å². The quantitative estimate of drug-likeness (QED) is 0.583. The molecule has 19 heavy (non-hydrogen) atoms. The van der Waals surface area contributed by atoms with Gasteiger partial charge in [0.1, 0.15) is 16.9 Å². The summed E-state index contributed by atoms with van der Waals surface area (Å²) in [5.74, 6) is 0. The molecule has 0 saturated carbocycles. The first-order chi connectivity index (χ1) is 9.08. The molecule has 102 valence electrons. The molecule has 1 atom stereocenters. The molecule has 0 amide bonds. The van der Waals surface area contributed by atoms with E-state index in [0.717, 1.165) is 33.8 Å². The summed E-state index contributed by atoms with van der Waals surface area (Å²) in [6, 6.07) is 6.11. The number of carbonyl (C=O) groups is 1. The van der Waals surface area contributed by atoms with Crippen molar-refractivity contribution < 1.29 is 4.79 Å². The number of hydrazone groups is 1. The lowest BCUT2D eigenvalue weighted by Gasteiger charge is -2.34. The van der Waals surface area contributed by atoms with Crippen LogP contribution in [0.1, 0.15) is 36.6 Å². The number of hydrogen-bond donors (Lipinski definition) is 0. The molecule has 1 aromatic carbocycles. The van der Waals surface area contributed by atoms with Crippen molar-refractivity contribution in [1.29, 1.82) is 0 Å². The summed E-state index contributed by atoms with van der Waals surface area (Å²) in [5.41, 5.74) is 3.27. The first-order valence-corrected chi connectivity index (χ1v) is 8.16. The molecule has 2 rings (SSSR count). The molecule has 3 nitrogen and oxygen atoms in total. The van der Waals surface area contributed by atoms with Gasteiger partial charge in [-0.3, -0.25) is 5.01 Å². The van der Waals surface area contributed by atoms with Crippen LogP contribution in [-0.2, 0) is 11.2 Å². The van der Waals surface area contributed by atoms with Crippen molar-refractivity contribution in [2.45, 2.75) is 32.4 Å². The number of carbonyl (C=O) groups excluding carboxylic acids is 1. The van der Waals surface area contributed by atoms with Crippen molar-refractivity contribution in [1.82, 2.24) is 5.01 Å². The van der Waals surface area contributed by atoms with E-state index in [9.17, 15) is 4.79 Å². The Kier molecular flexibility index (Phi) is 4.79.